The Kier molecular flexibility index (Phi) is 3.56. The molecule has 1 amide bonds. The van der Waals surface area contributed by atoms with Gasteiger partial charge in [0.1, 0.15) is 5.60 Å². The van der Waals surface area contributed by atoms with Crippen LogP contribution < -0.4 is 0 Å². The number of likely N-dealkylation sites (tertiary alicyclic amines) is 1. The third kappa shape index (κ3) is 2.77. The number of benzene rings is 1. The molecule has 3 rings (SSSR count). The van der Waals surface area contributed by atoms with Crippen molar-refractivity contribution in [2.45, 2.75) is 32.3 Å². The van der Waals surface area contributed by atoms with Crippen LogP contribution in [0.4, 0.5) is 4.79 Å². The number of hydrogen-bond donors (Lipinski definition) is 0. The molecule has 0 aliphatic carbocycles. The van der Waals surface area contributed by atoms with Crippen molar-refractivity contribution in [1.29, 1.82) is 0 Å². The van der Waals surface area contributed by atoms with E-state index in [4.69, 9.17) is 16.3 Å². The standard InChI is InChI=1S/C16H20ClN3O2/c1-16(2,3)22-15(21)20-8-11(9-20)10-5-13(17)12-7-18-19(4)14(12)6-10/h5-7,11H,8-9H2,1-4H3. The predicted molar refractivity (Wildman–Crippen MR) is 86.3 cm³/mol. The van der Waals surface area contributed by atoms with E-state index in [0.29, 0.717) is 24.0 Å². The highest BCUT2D eigenvalue weighted by molar-refractivity contribution is 6.35. The highest BCUT2D eigenvalue weighted by atomic mass is 35.5. The molecular formula is C16H20ClN3O2. The van der Waals surface area contributed by atoms with Crippen LogP contribution in [0.25, 0.3) is 10.9 Å². The predicted octanol–water partition coefficient (Wildman–Crippen LogP) is 3.56. The summed E-state index contributed by atoms with van der Waals surface area (Å²) >= 11 is 6.33. The zero-order valence-corrected chi connectivity index (χ0v) is 14.0. The molecule has 1 aromatic heterocycles. The lowest BCUT2D eigenvalue weighted by Gasteiger charge is -2.40. The molecule has 0 N–H and O–H groups in total. The van der Waals surface area contributed by atoms with Crippen molar-refractivity contribution in [1.82, 2.24) is 14.7 Å². The van der Waals surface area contributed by atoms with Crippen LogP contribution >= 0.6 is 11.6 Å². The first-order valence-corrected chi connectivity index (χ1v) is 7.71. The van der Waals surface area contributed by atoms with Gasteiger partial charge in [0.2, 0.25) is 0 Å². The van der Waals surface area contributed by atoms with E-state index in [1.807, 2.05) is 38.6 Å². The van der Waals surface area contributed by atoms with E-state index in [2.05, 4.69) is 11.2 Å². The number of fused-ring (bicyclic) bond motifs is 1. The van der Waals surface area contributed by atoms with Crippen LogP contribution in [0.1, 0.15) is 32.3 Å². The minimum atomic E-state index is -0.459. The molecule has 1 aromatic carbocycles. The number of halogens is 1. The maximum atomic E-state index is 12.0. The number of aryl methyl sites for hydroxylation is 1. The molecule has 0 unspecified atom stereocenters. The zero-order valence-electron chi connectivity index (χ0n) is 13.3. The Morgan fingerprint density at radius 2 is 2.05 bits per heavy atom. The lowest BCUT2D eigenvalue weighted by molar-refractivity contribution is 0.00821. The fourth-order valence-corrected chi connectivity index (χ4v) is 2.90. The summed E-state index contributed by atoms with van der Waals surface area (Å²) in [6, 6.07) is 4.08. The third-order valence-electron chi connectivity index (χ3n) is 3.84. The summed E-state index contributed by atoms with van der Waals surface area (Å²) in [5.74, 6) is 0.296. The third-order valence-corrected chi connectivity index (χ3v) is 4.16. The average Bonchev–Trinajstić information content (AvgIpc) is 2.67. The van der Waals surface area contributed by atoms with Crippen molar-refractivity contribution < 1.29 is 9.53 Å². The van der Waals surface area contributed by atoms with E-state index in [0.717, 1.165) is 16.5 Å². The summed E-state index contributed by atoms with van der Waals surface area (Å²) in [4.78, 5) is 13.7. The first kappa shape index (κ1) is 15.2. The van der Waals surface area contributed by atoms with Gasteiger partial charge in [-0.15, -0.1) is 0 Å². The molecule has 118 valence electrons. The highest BCUT2D eigenvalue weighted by Gasteiger charge is 2.34. The maximum absolute atomic E-state index is 12.0. The van der Waals surface area contributed by atoms with Gasteiger partial charge in [-0.1, -0.05) is 11.6 Å². The van der Waals surface area contributed by atoms with Crippen molar-refractivity contribution in [3.8, 4) is 0 Å². The van der Waals surface area contributed by atoms with Crippen LogP contribution in [0.5, 0.6) is 0 Å². The molecule has 1 saturated heterocycles. The van der Waals surface area contributed by atoms with E-state index in [9.17, 15) is 4.79 Å². The summed E-state index contributed by atoms with van der Waals surface area (Å²) in [6.45, 7) is 6.94. The van der Waals surface area contributed by atoms with Crippen molar-refractivity contribution >= 4 is 28.6 Å². The quantitative estimate of drug-likeness (QED) is 0.807. The second-order valence-electron chi connectivity index (χ2n) is 6.79. The molecule has 2 aromatic rings. The zero-order chi connectivity index (χ0) is 16.1. The highest BCUT2D eigenvalue weighted by Crippen LogP contribution is 2.33. The molecule has 1 fully saturated rings. The van der Waals surface area contributed by atoms with Crippen molar-refractivity contribution in [3.63, 3.8) is 0 Å². The Labute approximate surface area is 134 Å². The smallest absolute Gasteiger partial charge is 0.410 e. The number of nitrogens with zero attached hydrogens (tertiary/aromatic N) is 3. The number of rotatable bonds is 1. The summed E-state index contributed by atoms with van der Waals surface area (Å²) < 4.78 is 7.19. The van der Waals surface area contributed by atoms with Crippen LogP contribution in [-0.2, 0) is 11.8 Å². The SMILES string of the molecule is Cn1ncc2c(Cl)cc(C3CN(C(=O)OC(C)(C)C)C3)cc21. The van der Waals surface area contributed by atoms with Crippen molar-refractivity contribution in [2.75, 3.05) is 13.1 Å². The van der Waals surface area contributed by atoms with E-state index < -0.39 is 5.60 Å². The van der Waals surface area contributed by atoms with Crippen LogP contribution in [0.3, 0.4) is 0 Å². The van der Waals surface area contributed by atoms with E-state index in [1.54, 1.807) is 11.1 Å². The number of hydrogen-bond acceptors (Lipinski definition) is 3. The summed E-state index contributed by atoms with van der Waals surface area (Å²) in [7, 11) is 1.90. The van der Waals surface area contributed by atoms with Crippen LogP contribution in [0.2, 0.25) is 5.02 Å². The number of ether oxygens (including phenoxy) is 1. The first-order valence-electron chi connectivity index (χ1n) is 7.33. The minimum absolute atomic E-state index is 0.253. The second kappa shape index (κ2) is 5.16. The topological polar surface area (TPSA) is 47.4 Å². The van der Waals surface area contributed by atoms with Gasteiger partial charge in [-0.2, -0.15) is 5.10 Å². The Morgan fingerprint density at radius 3 is 2.68 bits per heavy atom. The van der Waals surface area contributed by atoms with E-state index in [-0.39, 0.29) is 6.09 Å². The maximum Gasteiger partial charge on any atom is 0.410 e. The summed E-state index contributed by atoms with van der Waals surface area (Å²) in [5, 5.41) is 5.89. The van der Waals surface area contributed by atoms with E-state index in [1.165, 1.54) is 0 Å². The Bertz CT molecular complexity index is 727. The van der Waals surface area contributed by atoms with Crippen LogP contribution in [0.15, 0.2) is 18.3 Å². The lowest BCUT2D eigenvalue weighted by atomic mass is 9.91. The molecule has 2 heterocycles. The molecule has 0 spiro atoms. The Hall–Kier alpha value is -1.75. The van der Waals surface area contributed by atoms with Gasteiger partial charge in [0, 0.05) is 31.4 Å². The average molecular weight is 322 g/mol. The van der Waals surface area contributed by atoms with Gasteiger partial charge in [-0.25, -0.2) is 4.79 Å². The fourth-order valence-electron chi connectivity index (χ4n) is 2.63. The largest absolute Gasteiger partial charge is 0.444 e. The minimum Gasteiger partial charge on any atom is -0.444 e. The fraction of sp³-hybridized carbons (Fsp3) is 0.500. The molecule has 0 atom stereocenters. The van der Waals surface area contributed by atoms with Gasteiger partial charge in [-0.05, 0) is 38.5 Å². The van der Waals surface area contributed by atoms with Crippen molar-refractivity contribution in [3.05, 3.63) is 28.9 Å². The summed E-state index contributed by atoms with van der Waals surface area (Å²) in [6.07, 6.45) is 1.52. The van der Waals surface area contributed by atoms with E-state index >= 15 is 0 Å². The Morgan fingerprint density at radius 1 is 1.36 bits per heavy atom. The molecule has 0 radical (unpaired) electrons. The van der Waals surface area contributed by atoms with Gasteiger partial charge in [0.25, 0.3) is 0 Å². The summed E-state index contributed by atoms with van der Waals surface area (Å²) in [5.41, 5.74) is 1.69. The monoisotopic (exact) mass is 321 g/mol. The normalized spacial score (nSPS) is 16.0. The van der Waals surface area contributed by atoms with Crippen LogP contribution in [-0.4, -0.2) is 39.5 Å². The lowest BCUT2D eigenvalue weighted by Crippen LogP contribution is -2.50. The second-order valence-corrected chi connectivity index (χ2v) is 7.19. The first-order chi connectivity index (χ1) is 10.2. The molecule has 6 heteroatoms. The molecule has 0 bridgehead atoms. The Balaban J connectivity index is 1.73. The number of aromatic nitrogens is 2. The van der Waals surface area contributed by atoms with Gasteiger partial charge < -0.3 is 9.64 Å². The van der Waals surface area contributed by atoms with Gasteiger partial charge in [0.05, 0.1) is 16.7 Å². The number of amides is 1. The van der Waals surface area contributed by atoms with Gasteiger partial charge >= 0.3 is 6.09 Å². The van der Waals surface area contributed by atoms with Gasteiger partial charge in [-0.3, -0.25) is 4.68 Å². The van der Waals surface area contributed by atoms with Gasteiger partial charge in [0.15, 0.2) is 0 Å². The number of carbonyl (C=O) groups excluding carboxylic acids is 1. The number of carbonyl (C=O) groups is 1. The molecule has 1 aliphatic rings. The molecule has 22 heavy (non-hydrogen) atoms. The van der Waals surface area contributed by atoms with Crippen molar-refractivity contribution in [2.24, 2.45) is 7.05 Å². The molecule has 5 nitrogen and oxygen atoms in total. The molecule has 0 saturated carbocycles. The molecule has 1 aliphatic heterocycles. The molecular weight excluding hydrogens is 302 g/mol. The van der Waals surface area contributed by atoms with Crippen LogP contribution in [0, 0.1) is 0 Å².